The molecule has 3 N–H and O–H groups in total. The second-order valence-corrected chi connectivity index (χ2v) is 6.22. The third-order valence-electron chi connectivity index (χ3n) is 2.29. The summed E-state index contributed by atoms with van der Waals surface area (Å²) in [4.78, 5) is 0.0657. The second-order valence-electron chi connectivity index (χ2n) is 3.40. The number of aliphatic hydroxyl groups is 1. The SMILES string of the molecule is CCN(CCO)S(=O)(=O)c1ccc(Br)cc1N. The number of benzene rings is 1. The minimum absolute atomic E-state index is 0.0638. The van der Waals surface area contributed by atoms with Gasteiger partial charge in [0.15, 0.2) is 0 Å². The summed E-state index contributed by atoms with van der Waals surface area (Å²) in [5, 5.41) is 8.85. The third-order valence-corrected chi connectivity index (χ3v) is 4.83. The fourth-order valence-corrected chi connectivity index (χ4v) is 3.37. The van der Waals surface area contributed by atoms with Crippen LogP contribution in [0.15, 0.2) is 27.6 Å². The van der Waals surface area contributed by atoms with Crippen molar-refractivity contribution in [1.82, 2.24) is 4.31 Å². The van der Waals surface area contributed by atoms with E-state index >= 15 is 0 Å². The zero-order valence-electron chi connectivity index (χ0n) is 9.43. The summed E-state index contributed by atoms with van der Waals surface area (Å²) >= 11 is 3.22. The number of hydrogen-bond acceptors (Lipinski definition) is 4. The van der Waals surface area contributed by atoms with Crippen molar-refractivity contribution in [2.24, 2.45) is 0 Å². The van der Waals surface area contributed by atoms with Crippen molar-refractivity contribution in [3.63, 3.8) is 0 Å². The van der Waals surface area contributed by atoms with Crippen LogP contribution in [0.3, 0.4) is 0 Å². The number of nitrogens with two attached hydrogens (primary N) is 1. The van der Waals surface area contributed by atoms with Gasteiger partial charge in [0.05, 0.1) is 12.3 Å². The third kappa shape index (κ3) is 3.19. The van der Waals surface area contributed by atoms with Crippen LogP contribution in [-0.4, -0.2) is 37.5 Å². The number of rotatable bonds is 5. The van der Waals surface area contributed by atoms with E-state index in [9.17, 15) is 8.42 Å². The first-order valence-electron chi connectivity index (χ1n) is 5.09. The van der Waals surface area contributed by atoms with Crippen molar-refractivity contribution in [3.05, 3.63) is 22.7 Å². The van der Waals surface area contributed by atoms with Crippen LogP contribution < -0.4 is 5.73 Å². The summed E-state index contributed by atoms with van der Waals surface area (Å²) in [6.07, 6.45) is 0. The Morgan fingerprint density at radius 1 is 1.47 bits per heavy atom. The molecule has 0 unspecified atom stereocenters. The van der Waals surface area contributed by atoms with Gasteiger partial charge < -0.3 is 10.8 Å². The summed E-state index contributed by atoms with van der Waals surface area (Å²) in [6, 6.07) is 4.62. The number of hydrogen-bond donors (Lipinski definition) is 2. The molecule has 17 heavy (non-hydrogen) atoms. The first kappa shape index (κ1) is 14.4. The molecular weight excluding hydrogens is 308 g/mol. The van der Waals surface area contributed by atoms with E-state index in [1.54, 1.807) is 19.1 Å². The minimum Gasteiger partial charge on any atom is -0.398 e. The Morgan fingerprint density at radius 2 is 2.12 bits per heavy atom. The highest BCUT2D eigenvalue weighted by atomic mass is 79.9. The van der Waals surface area contributed by atoms with Crippen molar-refractivity contribution in [2.45, 2.75) is 11.8 Å². The lowest BCUT2D eigenvalue weighted by molar-refractivity contribution is 0.257. The standard InChI is InChI=1S/C10H15BrN2O3S/c1-2-13(5-6-14)17(15,16)10-4-3-8(11)7-9(10)12/h3-4,7,14H,2,5-6,12H2,1H3. The summed E-state index contributed by atoms with van der Waals surface area (Å²) in [5.74, 6) is 0. The van der Waals surface area contributed by atoms with Gasteiger partial charge in [0.25, 0.3) is 0 Å². The van der Waals surface area contributed by atoms with Crippen LogP contribution in [0, 0.1) is 0 Å². The summed E-state index contributed by atoms with van der Waals surface area (Å²) in [6.45, 7) is 1.85. The Morgan fingerprint density at radius 3 is 2.59 bits per heavy atom. The molecule has 96 valence electrons. The second kappa shape index (κ2) is 5.81. The van der Waals surface area contributed by atoms with Crippen molar-refractivity contribution >= 4 is 31.6 Å². The first-order chi connectivity index (χ1) is 7.93. The molecular formula is C10H15BrN2O3S. The largest absolute Gasteiger partial charge is 0.398 e. The molecule has 0 saturated heterocycles. The highest BCUT2D eigenvalue weighted by Crippen LogP contribution is 2.25. The smallest absolute Gasteiger partial charge is 0.245 e. The van der Waals surface area contributed by atoms with Crippen molar-refractivity contribution in [2.75, 3.05) is 25.4 Å². The first-order valence-corrected chi connectivity index (χ1v) is 7.32. The molecule has 0 saturated carbocycles. The number of nitrogens with zero attached hydrogens (tertiary/aromatic N) is 1. The molecule has 1 aromatic rings. The van der Waals surface area contributed by atoms with Crippen molar-refractivity contribution < 1.29 is 13.5 Å². The van der Waals surface area contributed by atoms with E-state index in [0.29, 0.717) is 6.54 Å². The van der Waals surface area contributed by atoms with Gasteiger partial charge in [-0.2, -0.15) is 4.31 Å². The van der Waals surface area contributed by atoms with Crippen LogP contribution in [-0.2, 0) is 10.0 Å². The molecule has 7 heteroatoms. The van der Waals surface area contributed by atoms with Crippen LogP contribution in [0.5, 0.6) is 0 Å². The van der Waals surface area contributed by atoms with Gasteiger partial charge in [0.1, 0.15) is 4.90 Å². The molecule has 0 bridgehead atoms. The minimum atomic E-state index is -3.63. The number of nitrogen functional groups attached to an aromatic ring is 1. The number of sulfonamides is 1. The zero-order valence-corrected chi connectivity index (χ0v) is 11.8. The average Bonchev–Trinajstić information content (AvgIpc) is 2.24. The fourth-order valence-electron chi connectivity index (χ4n) is 1.45. The molecule has 0 amide bonds. The van der Waals surface area contributed by atoms with E-state index in [1.807, 2.05) is 0 Å². The van der Waals surface area contributed by atoms with Crippen LogP contribution >= 0.6 is 15.9 Å². The van der Waals surface area contributed by atoms with Crippen molar-refractivity contribution in [1.29, 1.82) is 0 Å². The highest BCUT2D eigenvalue weighted by Gasteiger charge is 2.24. The molecule has 1 rings (SSSR count). The van der Waals surface area contributed by atoms with E-state index in [-0.39, 0.29) is 23.7 Å². The molecule has 1 aromatic carbocycles. The lowest BCUT2D eigenvalue weighted by atomic mass is 10.3. The normalized spacial score (nSPS) is 12.0. The van der Waals surface area contributed by atoms with Crippen LogP contribution in [0.4, 0.5) is 5.69 Å². The van der Waals surface area contributed by atoms with Gasteiger partial charge in [-0.1, -0.05) is 22.9 Å². The van der Waals surface area contributed by atoms with E-state index in [2.05, 4.69) is 15.9 Å². The molecule has 0 atom stereocenters. The molecule has 5 nitrogen and oxygen atoms in total. The van der Waals surface area contributed by atoms with Crippen molar-refractivity contribution in [3.8, 4) is 0 Å². The molecule has 0 aliphatic rings. The molecule has 0 fully saturated rings. The van der Waals surface area contributed by atoms with Crippen LogP contribution in [0.25, 0.3) is 0 Å². The van der Waals surface area contributed by atoms with E-state index < -0.39 is 10.0 Å². The number of halogens is 1. The summed E-state index contributed by atoms with van der Waals surface area (Å²) < 4.78 is 26.3. The highest BCUT2D eigenvalue weighted by molar-refractivity contribution is 9.10. The fraction of sp³-hybridized carbons (Fsp3) is 0.400. The Kier molecular flexibility index (Phi) is 4.93. The Labute approximate surface area is 109 Å². The quantitative estimate of drug-likeness (QED) is 0.793. The Balaban J connectivity index is 3.20. The Bertz CT molecular complexity index is 490. The van der Waals surface area contributed by atoms with Crippen LogP contribution in [0.2, 0.25) is 0 Å². The molecule has 0 aliphatic carbocycles. The maximum atomic E-state index is 12.2. The molecule has 0 spiro atoms. The maximum absolute atomic E-state index is 12.2. The number of anilines is 1. The molecule has 0 radical (unpaired) electrons. The van der Waals surface area contributed by atoms with E-state index in [4.69, 9.17) is 10.8 Å². The molecule has 0 aliphatic heterocycles. The number of aliphatic hydroxyl groups excluding tert-OH is 1. The Hall–Kier alpha value is -0.630. The monoisotopic (exact) mass is 322 g/mol. The van der Waals surface area contributed by atoms with Gasteiger partial charge in [-0.3, -0.25) is 0 Å². The van der Waals surface area contributed by atoms with Gasteiger partial charge in [0.2, 0.25) is 10.0 Å². The van der Waals surface area contributed by atoms with Gasteiger partial charge in [-0.15, -0.1) is 0 Å². The lowest BCUT2D eigenvalue weighted by Crippen LogP contribution is -2.33. The van der Waals surface area contributed by atoms with Crippen LogP contribution in [0.1, 0.15) is 6.92 Å². The van der Waals surface area contributed by atoms with Gasteiger partial charge in [0, 0.05) is 17.6 Å². The average molecular weight is 323 g/mol. The number of likely N-dealkylation sites (N-methyl/N-ethyl adjacent to an activating group) is 1. The zero-order chi connectivity index (χ0) is 13.1. The molecule has 0 aromatic heterocycles. The molecule has 0 heterocycles. The van der Waals surface area contributed by atoms with Gasteiger partial charge >= 0.3 is 0 Å². The van der Waals surface area contributed by atoms with Gasteiger partial charge in [-0.25, -0.2) is 8.42 Å². The van der Waals surface area contributed by atoms with E-state index in [1.165, 1.54) is 10.4 Å². The van der Waals surface area contributed by atoms with Gasteiger partial charge in [-0.05, 0) is 18.2 Å². The summed E-state index contributed by atoms with van der Waals surface area (Å²) in [7, 11) is -3.63. The maximum Gasteiger partial charge on any atom is 0.245 e. The van der Waals surface area contributed by atoms with E-state index in [0.717, 1.165) is 4.47 Å². The lowest BCUT2D eigenvalue weighted by Gasteiger charge is -2.20. The predicted molar refractivity (Wildman–Crippen MR) is 70.1 cm³/mol. The topological polar surface area (TPSA) is 83.6 Å². The summed E-state index contributed by atoms with van der Waals surface area (Å²) in [5.41, 5.74) is 5.89. The predicted octanol–water partition coefficient (Wildman–Crippen LogP) is 1.03.